The smallest absolute Gasteiger partial charge is 0.133 e. The van der Waals surface area contributed by atoms with Gasteiger partial charge in [0, 0.05) is 28.7 Å². The molecule has 1 rings (SSSR count). The molecular weight excluding hydrogens is 354 g/mol. The summed E-state index contributed by atoms with van der Waals surface area (Å²) in [4.78, 5) is 12.3. The standard InChI is InChI=1S/C20H38FO4P/c1-3-5-7-8-14(22)12-16-15(20(25-26)13-19(16)24)10-11-18(23)17(21)9-6-4-2/h15-20,23-24H,3-13,26H2,1-2H3. The molecule has 0 radical (unpaired) electrons. The van der Waals surface area contributed by atoms with Gasteiger partial charge >= 0.3 is 0 Å². The number of rotatable bonds is 14. The fraction of sp³-hybridized carbons (Fsp3) is 0.950. The number of aliphatic hydroxyl groups excluding tert-OH is 2. The van der Waals surface area contributed by atoms with Crippen molar-refractivity contribution in [2.45, 2.75) is 109 Å². The molecular formula is C20H38FO4P. The van der Waals surface area contributed by atoms with E-state index in [4.69, 9.17) is 4.52 Å². The lowest BCUT2D eigenvalue weighted by Gasteiger charge is -2.26. The van der Waals surface area contributed by atoms with Gasteiger partial charge in [-0.1, -0.05) is 39.5 Å². The van der Waals surface area contributed by atoms with Gasteiger partial charge in [0.25, 0.3) is 0 Å². The van der Waals surface area contributed by atoms with Gasteiger partial charge in [0.15, 0.2) is 0 Å². The van der Waals surface area contributed by atoms with Gasteiger partial charge in [-0.2, -0.15) is 0 Å². The van der Waals surface area contributed by atoms with Crippen molar-refractivity contribution in [1.29, 1.82) is 0 Å². The highest BCUT2D eigenvalue weighted by Crippen LogP contribution is 2.41. The molecule has 0 aliphatic heterocycles. The van der Waals surface area contributed by atoms with E-state index in [9.17, 15) is 19.4 Å². The first-order valence-corrected chi connectivity index (χ1v) is 10.8. The Labute approximate surface area is 160 Å². The Kier molecular flexibility index (Phi) is 12.1. The number of alkyl halides is 1. The highest BCUT2D eigenvalue weighted by Gasteiger charge is 2.43. The average Bonchev–Trinajstić information content (AvgIpc) is 2.92. The molecule has 0 heterocycles. The van der Waals surface area contributed by atoms with Crippen LogP contribution in [0.4, 0.5) is 4.39 Å². The van der Waals surface area contributed by atoms with E-state index in [0.29, 0.717) is 38.5 Å². The van der Waals surface area contributed by atoms with E-state index < -0.39 is 18.4 Å². The number of unbranched alkanes of at least 4 members (excludes halogenated alkanes) is 3. The van der Waals surface area contributed by atoms with E-state index in [2.05, 4.69) is 16.4 Å². The average molecular weight is 392 g/mol. The summed E-state index contributed by atoms with van der Waals surface area (Å²) < 4.78 is 19.4. The molecule has 154 valence electrons. The summed E-state index contributed by atoms with van der Waals surface area (Å²) in [5.74, 6) is 0.00463. The van der Waals surface area contributed by atoms with Crippen LogP contribution in [0.15, 0.2) is 0 Å². The number of hydrogen-bond donors (Lipinski definition) is 2. The number of Topliss-reactive ketones (excluding diaryl/α,β-unsaturated/α-hetero) is 1. The predicted octanol–water partition coefficient (Wildman–Crippen LogP) is 4.37. The van der Waals surface area contributed by atoms with Crippen LogP contribution >= 0.6 is 9.47 Å². The molecule has 1 fully saturated rings. The van der Waals surface area contributed by atoms with E-state index in [0.717, 1.165) is 32.1 Å². The Morgan fingerprint density at radius 2 is 1.88 bits per heavy atom. The Hall–Kier alpha value is -0.0900. The molecule has 0 bridgehead atoms. The van der Waals surface area contributed by atoms with Gasteiger partial charge in [-0.3, -0.25) is 4.79 Å². The van der Waals surface area contributed by atoms with E-state index in [1.165, 1.54) is 0 Å². The molecule has 1 aliphatic rings. The maximum atomic E-state index is 14.0. The van der Waals surface area contributed by atoms with Crippen molar-refractivity contribution >= 4 is 15.2 Å². The van der Waals surface area contributed by atoms with E-state index in [1.54, 1.807) is 0 Å². The molecule has 0 aromatic rings. The van der Waals surface area contributed by atoms with Gasteiger partial charge in [0.05, 0.1) is 18.3 Å². The molecule has 0 aromatic carbocycles. The maximum absolute atomic E-state index is 14.0. The van der Waals surface area contributed by atoms with Gasteiger partial charge in [-0.25, -0.2) is 4.39 Å². The fourth-order valence-corrected chi connectivity index (χ4v) is 4.38. The molecule has 7 atom stereocenters. The monoisotopic (exact) mass is 392 g/mol. The zero-order chi connectivity index (χ0) is 19.5. The second-order valence-corrected chi connectivity index (χ2v) is 8.08. The van der Waals surface area contributed by atoms with Gasteiger partial charge in [-0.15, -0.1) is 0 Å². The van der Waals surface area contributed by atoms with Gasteiger partial charge in [-0.05, 0) is 37.5 Å². The highest BCUT2D eigenvalue weighted by molar-refractivity contribution is 7.09. The zero-order valence-electron chi connectivity index (χ0n) is 16.4. The minimum atomic E-state index is -1.20. The van der Waals surface area contributed by atoms with E-state index in [-0.39, 0.29) is 23.7 Å². The van der Waals surface area contributed by atoms with Crippen molar-refractivity contribution in [2.75, 3.05) is 0 Å². The first kappa shape index (κ1) is 23.9. The summed E-state index contributed by atoms with van der Waals surface area (Å²) in [6.07, 6.45) is 4.47. The minimum absolute atomic E-state index is 0.0225. The Morgan fingerprint density at radius 1 is 1.19 bits per heavy atom. The summed E-state index contributed by atoms with van der Waals surface area (Å²) in [6.45, 7) is 4.11. The third-order valence-electron chi connectivity index (χ3n) is 5.74. The van der Waals surface area contributed by atoms with Crippen LogP contribution in [0.2, 0.25) is 0 Å². The normalized spacial score (nSPS) is 28.2. The Morgan fingerprint density at radius 3 is 2.50 bits per heavy atom. The van der Waals surface area contributed by atoms with Crippen LogP contribution in [-0.4, -0.2) is 40.5 Å². The van der Waals surface area contributed by atoms with Crippen molar-refractivity contribution in [3.05, 3.63) is 0 Å². The molecule has 1 saturated carbocycles. The SMILES string of the molecule is CCCCCC(=O)CC1C(O)CC(OP)C1CCC(O)C(F)CCCC. The van der Waals surface area contributed by atoms with Gasteiger partial charge in [0.1, 0.15) is 12.0 Å². The Bertz CT molecular complexity index is 396. The third kappa shape index (κ3) is 7.88. The third-order valence-corrected chi connectivity index (χ3v) is 6.09. The van der Waals surface area contributed by atoms with E-state index in [1.807, 2.05) is 6.92 Å². The van der Waals surface area contributed by atoms with Crippen molar-refractivity contribution in [3.63, 3.8) is 0 Å². The summed E-state index contributed by atoms with van der Waals surface area (Å²) in [7, 11) is 2.24. The van der Waals surface area contributed by atoms with Crippen LogP contribution < -0.4 is 0 Å². The summed E-state index contributed by atoms with van der Waals surface area (Å²) in [5.41, 5.74) is 0. The molecule has 0 saturated heterocycles. The number of hydrogen-bond acceptors (Lipinski definition) is 4. The fourth-order valence-electron chi connectivity index (χ4n) is 4.07. The van der Waals surface area contributed by atoms with Crippen LogP contribution in [0.1, 0.15) is 84.5 Å². The topological polar surface area (TPSA) is 66.8 Å². The summed E-state index contributed by atoms with van der Waals surface area (Å²) in [6, 6.07) is 0. The number of aliphatic hydroxyl groups is 2. The highest BCUT2D eigenvalue weighted by atomic mass is 31.0. The second-order valence-electron chi connectivity index (χ2n) is 7.81. The second kappa shape index (κ2) is 13.1. The largest absolute Gasteiger partial charge is 0.393 e. The van der Waals surface area contributed by atoms with Crippen LogP contribution in [0, 0.1) is 11.8 Å². The lowest BCUT2D eigenvalue weighted by molar-refractivity contribution is -0.121. The lowest BCUT2D eigenvalue weighted by Crippen LogP contribution is -2.28. The number of halogens is 1. The van der Waals surface area contributed by atoms with Crippen LogP contribution in [0.3, 0.4) is 0 Å². The Balaban J connectivity index is 2.57. The molecule has 0 aromatic heterocycles. The van der Waals surface area contributed by atoms with Gasteiger partial charge < -0.3 is 14.7 Å². The van der Waals surface area contributed by atoms with Gasteiger partial charge in [0.2, 0.25) is 0 Å². The first-order chi connectivity index (χ1) is 12.4. The van der Waals surface area contributed by atoms with Crippen LogP contribution in [0.5, 0.6) is 0 Å². The van der Waals surface area contributed by atoms with Crippen molar-refractivity contribution < 1.29 is 23.9 Å². The van der Waals surface area contributed by atoms with Crippen LogP contribution in [-0.2, 0) is 9.32 Å². The number of carbonyl (C=O) groups is 1. The van der Waals surface area contributed by atoms with Crippen molar-refractivity contribution in [2.24, 2.45) is 11.8 Å². The molecule has 2 N–H and O–H groups in total. The lowest BCUT2D eigenvalue weighted by atomic mass is 9.84. The molecule has 1 aliphatic carbocycles. The molecule has 4 nitrogen and oxygen atoms in total. The molecule has 6 heteroatoms. The van der Waals surface area contributed by atoms with Crippen molar-refractivity contribution in [3.8, 4) is 0 Å². The quantitative estimate of drug-likeness (QED) is 0.340. The predicted molar refractivity (Wildman–Crippen MR) is 106 cm³/mol. The molecule has 0 amide bonds. The minimum Gasteiger partial charge on any atom is -0.393 e. The maximum Gasteiger partial charge on any atom is 0.133 e. The first-order valence-electron chi connectivity index (χ1n) is 10.3. The molecule has 0 spiro atoms. The van der Waals surface area contributed by atoms with Crippen molar-refractivity contribution in [1.82, 2.24) is 0 Å². The molecule has 26 heavy (non-hydrogen) atoms. The number of carbonyl (C=O) groups excluding carboxylic acids is 1. The zero-order valence-corrected chi connectivity index (χ0v) is 17.6. The summed E-state index contributed by atoms with van der Waals surface area (Å²) in [5, 5.41) is 20.5. The number of ketones is 1. The molecule has 7 unspecified atom stereocenters. The van der Waals surface area contributed by atoms with E-state index >= 15 is 0 Å². The summed E-state index contributed by atoms with van der Waals surface area (Å²) >= 11 is 0. The van der Waals surface area contributed by atoms with Crippen LogP contribution in [0.25, 0.3) is 0 Å².